The molecule has 1 aromatic heterocycles. The van der Waals surface area contributed by atoms with Gasteiger partial charge in [-0.2, -0.15) is 0 Å². The van der Waals surface area contributed by atoms with Gasteiger partial charge >= 0.3 is 0 Å². The fourth-order valence-electron chi connectivity index (χ4n) is 1.44. The first kappa shape index (κ1) is 9.00. The Bertz CT molecular complexity index is 422. The van der Waals surface area contributed by atoms with Crippen LogP contribution in [-0.4, -0.2) is 6.54 Å². The summed E-state index contributed by atoms with van der Waals surface area (Å²) in [6.45, 7) is 0.689. The highest BCUT2D eigenvalue weighted by Crippen LogP contribution is 2.31. The predicted octanol–water partition coefficient (Wildman–Crippen LogP) is 3.06. The molecule has 0 radical (unpaired) electrons. The first-order valence-electron chi connectivity index (χ1n) is 4.18. The van der Waals surface area contributed by atoms with Crippen molar-refractivity contribution in [1.29, 1.82) is 0 Å². The van der Waals surface area contributed by atoms with E-state index < -0.39 is 0 Å². The zero-order chi connectivity index (χ0) is 9.26. The lowest BCUT2D eigenvalue weighted by molar-refractivity contribution is 0.979. The Labute approximate surface area is 86.1 Å². The van der Waals surface area contributed by atoms with E-state index in [0.29, 0.717) is 6.54 Å². The molecule has 2 aromatic rings. The van der Waals surface area contributed by atoms with Gasteiger partial charge < -0.3 is 5.73 Å². The minimum absolute atomic E-state index is 0.689. The van der Waals surface area contributed by atoms with E-state index in [-0.39, 0.29) is 0 Å². The van der Waals surface area contributed by atoms with Crippen LogP contribution in [0.2, 0.25) is 4.34 Å². The number of fused-ring (bicyclic) bond motifs is 1. The molecule has 0 amide bonds. The molecule has 2 rings (SSSR count). The summed E-state index contributed by atoms with van der Waals surface area (Å²) in [5.41, 5.74) is 6.83. The smallest absolute Gasteiger partial charge is 0.0940 e. The molecule has 0 spiro atoms. The van der Waals surface area contributed by atoms with Gasteiger partial charge in [0.15, 0.2) is 0 Å². The molecule has 1 aromatic carbocycles. The number of halogens is 1. The van der Waals surface area contributed by atoms with Gasteiger partial charge in [-0.25, -0.2) is 0 Å². The molecule has 3 heteroatoms. The number of benzene rings is 1. The fraction of sp³-hybridized carbons (Fsp3) is 0.200. The average Bonchev–Trinajstić information content (AvgIpc) is 2.47. The summed E-state index contributed by atoms with van der Waals surface area (Å²) in [5, 5.41) is 1.22. The molecule has 1 heterocycles. The molecule has 2 N–H and O–H groups in total. The Morgan fingerprint density at radius 3 is 3.00 bits per heavy atom. The van der Waals surface area contributed by atoms with Gasteiger partial charge in [-0.15, -0.1) is 11.3 Å². The van der Waals surface area contributed by atoms with E-state index >= 15 is 0 Å². The van der Waals surface area contributed by atoms with Crippen LogP contribution in [0.15, 0.2) is 24.3 Å². The lowest BCUT2D eigenvalue weighted by atomic mass is 10.1. The molecular formula is C10H10ClNS. The van der Waals surface area contributed by atoms with Crippen molar-refractivity contribution in [3.8, 4) is 0 Å². The first-order valence-corrected chi connectivity index (χ1v) is 5.37. The highest BCUT2D eigenvalue weighted by molar-refractivity contribution is 7.22. The van der Waals surface area contributed by atoms with Crippen LogP contribution in [0, 0.1) is 0 Å². The monoisotopic (exact) mass is 211 g/mol. The van der Waals surface area contributed by atoms with Crippen LogP contribution < -0.4 is 5.73 Å². The van der Waals surface area contributed by atoms with Crippen LogP contribution >= 0.6 is 22.9 Å². The van der Waals surface area contributed by atoms with Gasteiger partial charge in [0.2, 0.25) is 0 Å². The zero-order valence-corrected chi connectivity index (χ0v) is 8.66. The first-order chi connectivity index (χ1) is 6.31. The number of hydrogen-bond donors (Lipinski definition) is 1. The van der Waals surface area contributed by atoms with Crippen molar-refractivity contribution < 1.29 is 0 Å². The summed E-state index contributed by atoms with van der Waals surface area (Å²) in [6, 6.07) is 8.25. The van der Waals surface area contributed by atoms with E-state index in [9.17, 15) is 0 Å². The van der Waals surface area contributed by atoms with Crippen molar-refractivity contribution in [1.82, 2.24) is 0 Å². The quantitative estimate of drug-likeness (QED) is 0.812. The van der Waals surface area contributed by atoms with E-state index in [0.717, 1.165) is 10.8 Å². The van der Waals surface area contributed by atoms with E-state index in [1.807, 2.05) is 6.07 Å². The summed E-state index contributed by atoms with van der Waals surface area (Å²) in [7, 11) is 0. The molecule has 0 bridgehead atoms. The van der Waals surface area contributed by atoms with Crippen LogP contribution in [0.5, 0.6) is 0 Å². The summed E-state index contributed by atoms with van der Waals surface area (Å²) >= 11 is 7.57. The van der Waals surface area contributed by atoms with Gasteiger partial charge in [0.05, 0.1) is 4.34 Å². The molecule has 0 aliphatic heterocycles. The third-order valence-electron chi connectivity index (χ3n) is 2.01. The molecular weight excluding hydrogens is 202 g/mol. The number of thiophene rings is 1. The number of nitrogens with two attached hydrogens (primary N) is 1. The van der Waals surface area contributed by atoms with Crippen molar-refractivity contribution in [2.45, 2.75) is 6.42 Å². The highest BCUT2D eigenvalue weighted by Gasteiger charge is 2.03. The van der Waals surface area contributed by atoms with Crippen LogP contribution in [0.4, 0.5) is 0 Å². The van der Waals surface area contributed by atoms with Gasteiger partial charge in [-0.3, -0.25) is 0 Å². The maximum atomic E-state index is 5.94. The molecule has 0 saturated carbocycles. The molecule has 0 atom stereocenters. The van der Waals surface area contributed by atoms with Gasteiger partial charge in [0, 0.05) is 4.70 Å². The van der Waals surface area contributed by atoms with E-state index in [1.54, 1.807) is 11.3 Å². The Kier molecular flexibility index (Phi) is 2.54. The Morgan fingerprint density at radius 2 is 2.23 bits per heavy atom. The topological polar surface area (TPSA) is 26.0 Å². The third kappa shape index (κ3) is 1.70. The Balaban J connectivity index is 2.60. The molecule has 13 heavy (non-hydrogen) atoms. The van der Waals surface area contributed by atoms with Crippen molar-refractivity contribution in [3.63, 3.8) is 0 Å². The summed E-state index contributed by atoms with van der Waals surface area (Å²) in [5.74, 6) is 0. The molecule has 0 saturated heterocycles. The highest BCUT2D eigenvalue weighted by atomic mass is 35.5. The normalized spacial score (nSPS) is 10.9. The second-order valence-corrected chi connectivity index (χ2v) is 4.61. The third-order valence-corrected chi connectivity index (χ3v) is 3.36. The molecule has 0 aliphatic rings. The average molecular weight is 212 g/mol. The maximum Gasteiger partial charge on any atom is 0.0940 e. The van der Waals surface area contributed by atoms with Gasteiger partial charge in [-0.05, 0) is 30.0 Å². The van der Waals surface area contributed by atoms with Crippen molar-refractivity contribution in [3.05, 3.63) is 34.2 Å². The van der Waals surface area contributed by atoms with Gasteiger partial charge in [0.25, 0.3) is 0 Å². The van der Waals surface area contributed by atoms with E-state index in [2.05, 4.69) is 18.2 Å². The fourth-order valence-corrected chi connectivity index (χ4v) is 2.72. The lowest BCUT2D eigenvalue weighted by Crippen LogP contribution is -2.02. The van der Waals surface area contributed by atoms with E-state index in [1.165, 1.54) is 15.6 Å². The van der Waals surface area contributed by atoms with Gasteiger partial charge in [0.1, 0.15) is 0 Å². The molecule has 0 aliphatic carbocycles. The minimum Gasteiger partial charge on any atom is -0.330 e. The molecule has 68 valence electrons. The van der Waals surface area contributed by atoms with E-state index in [4.69, 9.17) is 17.3 Å². The predicted molar refractivity (Wildman–Crippen MR) is 59.6 cm³/mol. The molecule has 1 nitrogen and oxygen atoms in total. The minimum atomic E-state index is 0.689. The van der Waals surface area contributed by atoms with Crippen molar-refractivity contribution in [2.24, 2.45) is 5.73 Å². The molecule has 0 fully saturated rings. The largest absolute Gasteiger partial charge is 0.330 e. The second-order valence-electron chi connectivity index (χ2n) is 2.92. The van der Waals surface area contributed by atoms with Crippen LogP contribution in [0.3, 0.4) is 0 Å². The summed E-state index contributed by atoms with van der Waals surface area (Å²) < 4.78 is 2.12. The Hall–Kier alpha value is -0.570. The van der Waals surface area contributed by atoms with Crippen molar-refractivity contribution in [2.75, 3.05) is 6.54 Å². The SMILES string of the molecule is NCCc1cccc2cc(Cl)sc12. The van der Waals surface area contributed by atoms with Crippen LogP contribution in [0.25, 0.3) is 10.1 Å². The second kappa shape index (κ2) is 3.66. The Morgan fingerprint density at radius 1 is 1.38 bits per heavy atom. The van der Waals surface area contributed by atoms with Crippen LogP contribution in [0.1, 0.15) is 5.56 Å². The summed E-state index contributed by atoms with van der Waals surface area (Å²) in [6.07, 6.45) is 0.925. The standard InChI is InChI=1S/C10H10ClNS/c11-9-6-8-3-1-2-7(4-5-12)10(8)13-9/h1-3,6H,4-5,12H2. The summed E-state index contributed by atoms with van der Waals surface area (Å²) in [4.78, 5) is 0. The van der Waals surface area contributed by atoms with Gasteiger partial charge in [-0.1, -0.05) is 29.8 Å². The maximum absolute atomic E-state index is 5.94. The number of hydrogen-bond acceptors (Lipinski definition) is 2. The molecule has 0 unspecified atom stereocenters. The number of rotatable bonds is 2. The van der Waals surface area contributed by atoms with Crippen LogP contribution in [-0.2, 0) is 6.42 Å². The lowest BCUT2D eigenvalue weighted by Gasteiger charge is -1.99. The zero-order valence-electron chi connectivity index (χ0n) is 7.09. The van der Waals surface area contributed by atoms with Crippen molar-refractivity contribution >= 4 is 33.0 Å².